The molecule has 0 radical (unpaired) electrons. The van der Waals surface area contributed by atoms with Crippen molar-refractivity contribution < 1.29 is 10.2 Å². The molecule has 2 nitrogen and oxygen atoms in total. The molecule has 0 saturated carbocycles. The largest absolute Gasteiger partial charge is 0.504 e. The third-order valence-electron chi connectivity index (χ3n) is 1.55. The third kappa shape index (κ3) is 3.99. The number of hydrogen-bond donors (Lipinski definition) is 2. The third-order valence-corrected chi connectivity index (χ3v) is 1.55. The summed E-state index contributed by atoms with van der Waals surface area (Å²) in [5, 5.41) is 18.1. The van der Waals surface area contributed by atoms with E-state index in [4.69, 9.17) is 10.2 Å². The number of phenols is 2. The van der Waals surface area contributed by atoms with Crippen LogP contribution in [-0.4, -0.2) is 10.2 Å². The Morgan fingerprint density at radius 1 is 1.14 bits per heavy atom. The smallest absolute Gasteiger partial charge is 0.157 e. The summed E-state index contributed by atoms with van der Waals surface area (Å²) >= 11 is 0. The lowest BCUT2D eigenvalue weighted by atomic mass is 10.2. The molecule has 0 aliphatic heterocycles. The Bertz CT molecular complexity index is 290. The molecule has 0 heterocycles. The highest BCUT2D eigenvalue weighted by Crippen LogP contribution is 2.25. The van der Waals surface area contributed by atoms with E-state index in [1.54, 1.807) is 6.07 Å². The second-order valence-corrected chi connectivity index (χ2v) is 2.56. The summed E-state index contributed by atoms with van der Waals surface area (Å²) < 4.78 is 0. The first-order valence-corrected chi connectivity index (χ1v) is 4.92. The highest BCUT2D eigenvalue weighted by molar-refractivity contribution is 5.54. The second kappa shape index (κ2) is 7.01. The fraction of sp³-hybridized carbons (Fsp3) is 0.333. The standard InChI is InChI=1S/C10H12O2.C2H6/c1-2-3-4-8-5-6-9(11)10(12)7-8;1-2/h3-7,11-12H,2H2,1H3;1-2H3/b4-3+;. The molecule has 78 valence electrons. The molecule has 0 saturated heterocycles. The van der Waals surface area contributed by atoms with Crippen LogP contribution in [0.15, 0.2) is 24.3 Å². The van der Waals surface area contributed by atoms with Crippen LogP contribution in [0.2, 0.25) is 0 Å². The van der Waals surface area contributed by atoms with E-state index in [1.807, 2.05) is 32.9 Å². The molecule has 14 heavy (non-hydrogen) atoms. The van der Waals surface area contributed by atoms with Crippen molar-refractivity contribution in [3.05, 3.63) is 29.8 Å². The van der Waals surface area contributed by atoms with Gasteiger partial charge in [0.1, 0.15) is 0 Å². The molecule has 0 atom stereocenters. The summed E-state index contributed by atoms with van der Waals surface area (Å²) in [5.41, 5.74) is 0.896. The van der Waals surface area contributed by atoms with Crippen molar-refractivity contribution in [1.29, 1.82) is 0 Å². The van der Waals surface area contributed by atoms with Crippen molar-refractivity contribution >= 4 is 6.08 Å². The fourth-order valence-electron chi connectivity index (χ4n) is 0.898. The van der Waals surface area contributed by atoms with Gasteiger partial charge in [0.2, 0.25) is 0 Å². The van der Waals surface area contributed by atoms with Crippen molar-refractivity contribution in [3.63, 3.8) is 0 Å². The van der Waals surface area contributed by atoms with Gasteiger partial charge in [-0.15, -0.1) is 0 Å². The van der Waals surface area contributed by atoms with Gasteiger partial charge < -0.3 is 10.2 Å². The van der Waals surface area contributed by atoms with E-state index >= 15 is 0 Å². The highest BCUT2D eigenvalue weighted by Gasteiger charge is 1.96. The number of phenolic OH excluding ortho intramolecular Hbond substituents is 2. The lowest BCUT2D eigenvalue weighted by Gasteiger charge is -1.97. The van der Waals surface area contributed by atoms with Gasteiger partial charge in [-0.2, -0.15) is 0 Å². The molecular weight excluding hydrogens is 176 g/mol. The Morgan fingerprint density at radius 3 is 2.29 bits per heavy atom. The predicted octanol–water partition coefficient (Wildman–Crippen LogP) is 3.55. The molecule has 0 aliphatic rings. The van der Waals surface area contributed by atoms with E-state index < -0.39 is 0 Å². The summed E-state index contributed by atoms with van der Waals surface area (Å²) in [7, 11) is 0. The van der Waals surface area contributed by atoms with E-state index in [0.29, 0.717) is 0 Å². The van der Waals surface area contributed by atoms with Gasteiger partial charge in [0.05, 0.1) is 0 Å². The zero-order valence-electron chi connectivity index (χ0n) is 8.99. The van der Waals surface area contributed by atoms with E-state index in [-0.39, 0.29) is 11.5 Å². The first kappa shape index (κ1) is 12.6. The Kier molecular flexibility index (Phi) is 6.29. The van der Waals surface area contributed by atoms with E-state index in [1.165, 1.54) is 12.1 Å². The summed E-state index contributed by atoms with van der Waals surface area (Å²) in [6, 6.07) is 4.76. The number of benzene rings is 1. The highest BCUT2D eigenvalue weighted by atomic mass is 16.3. The average Bonchev–Trinajstić information content (AvgIpc) is 2.23. The predicted molar refractivity (Wildman–Crippen MR) is 60.4 cm³/mol. The van der Waals surface area contributed by atoms with Crippen LogP contribution in [0.5, 0.6) is 11.5 Å². The van der Waals surface area contributed by atoms with E-state index in [2.05, 4.69) is 0 Å². The quantitative estimate of drug-likeness (QED) is 0.707. The van der Waals surface area contributed by atoms with Crippen LogP contribution in [0.4, 0.5) is 0 Å². The van der Waals surface area contributed by atoms with Gasteiger partial charge in [0.15, 0.2) is 11.5 Å². The van der Waals surface area contributed by atoms with Gasteiger partial charge in [-0.05, 0) is 24.1 Å². The summed E-state index contributed by atoms with van der Waals surface area (Å²) in [5.74, 6) is -0.156. The Morgan fingerprint density at radius 2 is 1.79 bits per heavy atom. The number of aromatic hydroxyl groups is 2. The van der Waals surface area contributed by atoms with Crippen LogP contribution in [0.3, 0.4) is 0 Å². The van der Waals surface area contributed by atoms with Crippen molar-refractivity contribution in [1.82, 2.24) is 0 Å². The average molecular weight is 194 g/mol. The van der Waals surface area contributed by atoms with E-state index in [0.717, 1.165) is 12.0 Å². The molecule has 0 spiro atoms. The lowest BCUT2D eigenvalue weighted by molar-refractivity contribution is 0.403. The maximum absolute atomic E-state index is 9.12. The van der Waals surface area contributed by atoms with E-state index in [9.17, 15) is 0 Å². The second-order valence-electron chi connectivity index (χ2n) is 2.56. The van der Waals surface area contributed by atoms with Gasteiger partial charge in [0, 0.05) is 0 Å². The zero-order valence-corrected chi connectivity index (χ0v) is 8.99. The van der Waals surface area contributed by atoms with Crippen LogP contribution < -0.4 is 0 Å². The molecule has 2 N–H and O–H groups in total. The van der Waals surface area contributed by atoms with Crippen molar-refractivity contribution in [3.8, 4) is 11.5 Å². The van der Waals surface area contributed by atoms with Crippen LogP contribution in [-0.2, 0) is 0 Å². The monoisotopic (exact) mass is 194 g/mol. The minimum absolute atomic E-state index is 0.0757. The molecule has 0 bridgehead atoms. The number of rotatable bonds is 2. The molecule has 1 aromatic rings. The fourth-order valence-corrected chi connectivity index (χ4v) is 0.898. The Labute approximate surface area is 85.5 Å². The van der Waals surface area contributed by atoms with Crippen molar-refractivity contribution in [2.24, 2.45) is 0 Å². The summed E-state index contributed by atoms with van der Waals surface area (Å²) in [4.78, 5) is 0. The minimum atomic E-state index is -0.0800. The lowest BCUT2D eigenvalue weighted by Crippen LogP contribution is -1.72. The SMILES string of the molecule is CC.CC/C=C/c1ccc(O)c(O)c1. The normalized spacial score (nSPS) is 9.64. The Balaban J connectivity index is 0.000000791. The van der Waals surface area contributed by atoms with Crippen LogP contribution >= 0.6 is 0 Å². The molecule has 0 aliphatic carbocycles. The van der Waals surface area contributed by atoms with Gasteiger partial charge in [-0.1, -0.05) is 39.0 Å². The van der Waals surface area contributed by atoms with Crippen LogP contribution in [0, 0.1) is 0 Å². The maximum atomic E-state index is 9.12. The van der Waals surface area contributed by atoms with Gasteiger partial charge >= 0.3 is 0 Å². The first-order valence-electron chi connectivity index (χ1n) is 4.92. The van der Waals surface area contributed by atoms with Crippen molar-refractivity contribution in [2.75, 3.05) is 0 Å². The molecule has 0 amide bonds. The Hall–Kier alpha value is -1.44. The molecule has 1 aromatic carbocycles. The molecule has 0 aromatic heterocycles. The summed E-state index contributed by atoms with van der Waals surface area (Å²) in [6.45, 7) is 6.04. The zero-order chi connectivity index (χ0) is 11.0. The minimum Gasteiger partial charge on any atom is -0.504 e. The number of allylic oxidation sites excluding steroid dienone is 1. The molecule has 2 heteroatoms. The van der Waals surface area contributed by atoms with Crippen LogP contribution in [0.25, 0.3) is 6.08 Å². The molecule has 0 fully saturated rings. The van der Waals surface area contributed by atoms with Gasteiger partial charge in [-0.3, -0.25) is 0 Å². The summed E-state index contributed by atoms with van der Waals surface area (Å²) in [6.07, 6.45) is 4.85. The van der Waals surface area contributed by atoms with Crippen LogP contribution in [0.1, 0.15) is 32.8 Å². The van der Waals surface area contributed by atoms with Crippen molar-refractivity contribution in [2.45, 2.75) is 27.2 Å². The number of hydrogen-bond acceptors (Lipinski definition) is 2. The molecule has 1 rings (SSSR count). The molecule has 0 unspecified atom stereocenters. The molecular formula is C12H18O2. The van der Waals surface area contributed by atoms with Gasteiger partial charge in [-0.25, -0.2) is 0 Å². The van der Waals surface area contributed by atoms with Gasteiger partial charge in [0.25, 0.3) is 0 Å². The topological polar surface area (TPSA) is 40.5 Å². The maximum Gasteiger partial charge on any atom is 0.157 e. The first-order chi connectivity index (χ1) is 6.74.